The predicted octanol–water partition coefficient (Wildman–Crippen LogP) is 0.526. The van der Waals surface area contributed by atoms with Crippen molar-refractivity contribution in [3.05, 3.63) is 0 Å². The molecule has 0 aliphatic rings. The van der Waals surface area contributed by atoms with Gasteiger partial charge in [0.05, 0.1) is 12.6 Å². The Morgan fingerprint density at radius 2 is 2.00 bits per heavy atom. The number of likely N-dealkylation sites (N-methyl/N-ethyl adjacent to an activating group) is 1. The summed E-state index contributed by atoms with van der Waals surface area (Å²) in [4.78, 5) is 23.8. The van der Waals surface area contributed by atoms with Gasteiger partial charge >= 0.3 is 12.0 Å². The quantitative estimate of drug-likeness (QED) is 0.700. The monoisotopic (exact) mass is 232 g/mol. The molecule has 0 rings (SSSR count). The molecule has 0 aromatic rings. The number of amides is 2. The first-order valence-electron chi connectivity index (χ1n) is 5.22. The SMILES string of the molecule is CCN(C(=O)N[C@@H](C)C(=O)O)C(C)COC. The predicted molar refractivity (Wildman–Crippen MR) is 59.3 cm³/mol. The van der Waals surface area contributed by atoms with Crippen molar-refractivity contribution in [1.82, 2.24) is 10.2 Å². The van der Waals surface area contributed by atoms with Crippen LogP contribution in [-0.2, 0) is 9.53 Å². The van der Waals surface area contributed by atoms with Crippen LogP contribution in [0.4, 0.5) is 4.79 Å². The van der Waals surface area contributed by atoms with Crippen molar-refractivity contribution in [3.8, 4) is 0 Å². The number of carbonyl (C=O) groups excluding carboxylic acids is 1. The third-order valence-electron chi connectivity index (χ3n) is 2.25. The summed E-state index contributed by atoms with van der Waals surface area (Å²) in [6, 6.07) is -1.37. The zero-order valence-electron chi connectivity index (χ0n) is 10.2. The number of methoxy groups -OCH3 is 1. The van der Waals surface area contributed by atoms with Crippen molar-refractivity contribution in [1.29, 1.82) is 0 Å². The largest absolute Gasteiger partial charge is 0.480 e. The van der Waals surface area contributed by atoms with E-state index in [-0.39, 0.29) is 12.1 Å². The van der Waals surface area contributed by atoms with E-state index in [0.29, 0.717) is 13.2 Å². The molecule has 0 aliphatic heterocycles. The van der Waals surface area contributed by atoms with Crippen LogP contribution in [0.1, 0.15) is 20.8 Å². The standard InChI is InChI=1S/C10H20N2O4/c1-5-12(7(2)6-16-4)10(15)11-8(3)9(13)14/h7-8H,5-6H2,1-4H3,(H,11,15)(H,13,14)/t7?,8-/m0/s1. The van der Waals surface area contributed by atoms with Crippen LogP contribution in [0.3, 0.4) is 0 Å². The number of carboxylic acid groups (broad SMARTS) is 1. The first kappa shape index (κ1) is 14.7. The molecule has 94 valence electrons. The number of nitrogens with one attached hydrogen (secondary N) is 1. The Morgan fingerprint density at radius 3 is 2.38 bits per heavy atom. The van der Waals surface area contributed by atoms with E-state index in [9.17, 15) is 9.59 Å². The second-order valence-corrected chi connectivity index (χ2v) is 3.60. The molecule has 6 heteroatoms. The van der Waals surface area contributed by atoms with Gasteiger partial charge < -0.3 is 20.1 Å². The fourth-order valence-electron chi connectivity index (χ4n) is 1.32. The second-order valence-electron chi connectivity index (χ2n) is 3.60. The van der Waals surface area contributed by atoms with Crippen LogP contribution in [0, 0.1) is 0 Å². The minimum Gasteiger partial charge on any atom is -0.480 e. The molecule has 0 aromatic carbocycles. The van der Waals surface area contributed by atoms with Gasteiger partial charge in [0.25, 0.3) is 0 Å². The zero-order valence-corrected chi connectivity index (χ0v) is 10.2. The summed E-state index contributed by atoms with van der Waals surface area (Å²) in [5, 5.41) is 11.1. The van der Waals surface area contributed by atoms with Crippen molar-refractivity contribution in [2.45, 2.75) is 32.9 Å². The van der Waals surface area contributed by atoms with E-state index in [1.807, 2.05) is 13.8 Å². The summed E-state index contributed by atoms with van der Waals surface area (Å²) in [5.41, 5.74) is 0. The van der Waals surface area contributed by atoms with E-state index < -0.39 is 12.0 Å². The number of urea groups is 1. The topological polar surface area (TPSA) is 78.9 Å². The summed E-state index contributed by atoms with van der Waals surface area (Å²) in [5.74, 6) is -1.05. The maximum atomic E-state index is 11.7. The number of ether oxygens (including phenoxy) is 1. The normalized spacial score (nSPS) is 14.0. The Morgan fingerprint density at radius 1 is 1.44 bits per heavy atom. The molecule has 0 heterocycles. The molecule has 0 spiro atoms. The molecule has 0 bridgehead atoms. The van der Waals surface area contributed by atoms with Crippen LogP contribution < -0.4 is 5.32 Å². The van der Waals surface area contributed by atoms with E-state index in [2.05, 4.69) is 5.32 Å². The van der Waals surface area contributed by atoms with Crippen LogP contribution in [0.5, 0.6) is 0 Å². The van der Waals surface area contributed by atoms with Gasteiger partial charge in [-0.05, 0) is 20.8 Å². The average molecular weight is 232 g/mol. The first-order valence-corrected chi connectivity index (χ1v) is 5.22. The van der Waals surface area contributed by atoms with Crippen molar-refractivity contribution in [3.63, 3.8) is 0 Å². The molecule has 6 nitrogen and oxygen atoms in total. The van der Waals surface area contributed by atoms with Crippen LogP contribution in [0.15, 0.2) is 0 Å². The molecule has 0 aliphatic carbocycles. The molecule has 1 unspecified atom stereocenters. The molecule has 2 N–H and O–H groups in total. The van der Waals surface area contributed by atoms with Gasteiger partial charge in [-0.15, -0.1) is 0 Å². The number of hydrogen-bond donors (Lipinski definition) is 2. The van der Waals surface area contributed by atoms with Crippen molar-refractivity contribution in [2.75, 3.05) is 20.3 Å². The van der Waals surface area contributed by atoms with Gasteiger partial charge in [0, 0.05) is 13.7 Å². The molecule has 0 radical (unpaired) electrons. The molecule has 0 saturated carbocycles. The van der Waals surface area contributed by atoms with Gasteiger partial charge in [-0.1, -0.05) is 0 Å². The zero-order chi connectivity index (χ0) is 12.7. The maximum Gasteiger partial charge on any atom is 0.325 e. The van der Waals surface area contributed by atoms with Crippen LogP contribution in [-0.4, -0.2) is 54.4 Å². The number of hydrogen-bond acceptors (Lipinski definition) is 3. The highest BCUT2D eigenvalue weighted by Crippen LogP contribution is 2.00. The molecular formula is C10H20N2O4. The van der Waals surface area contributed by atoms with E-state index in [4.69, 9.17) is 9.84 Å². The lowest BCUT2D eigenvalue weighted by Crippen LogP contribution is -2.50. The maximum absolute atomic E-state index is 11.7. The van der Waals surface area contributed by atoms with E-state index >= 15 is 0 Å². The van der Waals surface area contributed by atoms with Gasteiger partial charge in [0.15, 0.2) is 0 Å². The number of carbonyl (C=O) groups is 2. The molecule has 0 fully saturated rings. The van der Waals surface area contributed by atoms with E-state index in [0.717, 1.165) is 0 Å². The van der Waals surface area contributed by atoms with Gasteiger partial charge in [0.1, 0.15) is 6.04 Å². The van der Waals surface area contributed by atoms with Gasteiger partial charge in [-0.2, -0.15) is 0 Å². The molecule has 0 aromatic heterocycles. The lowest BCUT2D eigenvalue weighted by Gasteiger charge is -2.28. The van der Waals surface area contributed by atoms with Gasteiger partial charge in [0.2, 0.25) is 0 Å². The van der Waals surface area contributed by atoms with Gasteiger partial charge in [-0.25, -0.2) is 4.79 Å². The van der Waals surface area contributed by atoms with Crippen LogP contribution in [0.2, 0.25) is 0 Å². The Bertz CT molecular complexity index is 245. The fraction of sp³-hybridized carbons (Fsp3) is 0.800. The number of aliphatic carboxylic acids is 1. The highest BCUT2D eigenvalue weighted by atomic mass is 16.5. The van der Waals surface area contributed by atoms with Crippen LogP contribution in [0.25, 0.3) is 0 Å². The van der Waals surface area contributed by atoms with Crippen molar-refractivity contribution in [2.24, 2.45) is 0 Å². The highest BCUT2D eigenvalue weighted by molar-refractivity contribution is 5.82. The summed E-state index contributed by atoms with van der Waals surface area (Å²) >= 11 is 0. The summed E-state index contributed by atoms with van der Waals surface area (Å²) in [6.45, 7) is 6.02. The summed E-state index contributed by atoms with van der Waals surface area (Å²) in [6.07, 6.45) is 0. The average Bonchev–Trinajstić information content (AvgIpc) is 2.18. The third-order valence-corrected chi connectivity index (χ3v) is 2.25. The fourth-order valence-corrected chi connectivity index (χ4v) is 1.32. The van der Waals surface area contributed by atoms with Crippen molar-refractivity contribution >= 4 is 12.0 Å². The van der Waals surface area contributed by atoms with E-state index in [1.54, 1.807) is 7.11 Å². The molecule has 2 amide bonds. The Balaban J connectivity index is 4.36. The third kappa shape index (κ3) is 4.48. The second kappa shape index (κ2) is 7.05. The molecule has 0 saturated heterocycles. The number of carboxylic acids is 1. The minimum atomic E-state index is -1.05. The Kier molecular flexibility index (Phi) is 6.48. The first-order chi connectivity index (χ1) is 7.43. The molecule has 16 heavy (non-hydrogen) atoms. The Hall–Kier alpha value is -1.30. The van der Waals surface area contributed by atoms with Crippen molar-refractivity contribution < 1.29 is 19.4 Å². The molecular weight excluding hydrogens is 212 g/mol. The highest BCUT2D eigenvalue weighted by Gasteiger charge is 2.21. The number of nitrogens with zero attached hydrogens (tertiary/aromatic N) is 1. The lowest BCUT2D eigenvalue weighted by molar-refractivity contribution is -0.138. The Labute approximate surface area is 95.6 Å². The summed E-state index contributed by atoms with van der Waals surface area (Å²) in [7, 11) is 1.56. The lowest BCUT2D eigenvalue weighted by atomic mass is 10.3. The van der Waals surface area contributed by atoms with E-state index in [1.165, 1.54) is 11.8 Å². The minimum absolute atomic E-state index is 0.0870. The summed E-state index contributed by atoms with van der Waals surface area (Å²) < 4.78 is 4.95. The van der Waals surface area contributed by atoms with Gasteiger partial charge in [-0.3, -0.25) is 4.79 Å². The van der Waals surface area contributed by atoms with Crippen LogP contribution >= 0.6 is 0 Å². The number of rotatable bonds is 6. The smallest absolute Gasteiger partial charge is 0.325 e. The molecule has 2 atom stereocenters.